The molecular weight excluding hydrogens is 1450 g/mol. The van der Waals surface area contributed by atoms with Gasteiger partial charge in [0, 0.05) is 122 Å². The Kier molecular flexibility index (Phi) is 22.9. The number of carbonyl (C=O) groups is 4. The molecule has 8 aliphatic rings. The van der Waals surface area contributed by atoms with Crippen molar-refractivity contribution in [3.63, 3.8) is 0 Å². The molecule has 8 aromatic carbocycles. The van der Waals surface area contributed by atoms with Crippen molar-refractivity contribution in [2.75, 3.05) is 51.3 Å². The summed E-state index contributed by atoms with van der Waals surface area (Å²) in [5.74, 6) is 3.26. The molecule has 0 saturated heterocycles. The summed E-state index contributed by atoms with van der Waals surface area (Å²) in [6, 6.07) is 47.6. The van der Waals surface area contributed by atoms with Gasteiger partial charge in [-0.2, -0.15) is 0 Å². The van der Waals surface area contributed by atoms with E-state index < -0.39 is 0 Å². The molecule has 2 N–H and O–H groups in total. The van der Waals surface area contributed by atoms with Crippen LogP contribution in [0.15, 0.2) is 190 Å². The zero-order valence-corrected chi connectivity index (χ0v) is 68.3. The molecule has 0 fully saturated rings. The van der Waals surface area contributed by atoms with Crippen LogP contribution < -0.4 is 39.1 Å². The van der Waals surface area contributed by atoms with E-state index in [2.05, 4.69) is 163 Å². The van der Waals surface area contributed by atoms with Gasteiger partial charge in [0.15, 0.2) is 23.0 Å². The summed E-state index contributed by atoms with van der Waals surface area (Å²) in [4.78, 5) is 81.2. The largest absolute Gasteiger partial charge is 0.493 e. The molecule has 16 rings (SSSR count). The van der Waals surface area contributed by atoms with Gasteiger partial charge < -0.3 is 58.7 Å². The second-order valence-electron chi connectivity index (χ2n) is 33.1. The summed E-state index contributed by atoms with van der Waals surface area (Å²) in [6.07, 6.45) is 23.2. The van der Waals surface area contributed by atoms with Crippen LogP contribution in [0.25, 0.3) is 22.3 Å². The smallest absolute Gasteiger partial charge is 0.260 e. The van der Waals surface area contributed by atoms with E-state index in [4.69, 9.17) is 48.4 Å². The van der Waals surface area contributed by atoms with Crippen LogP contribution in [0.2, 0.25) is 0 Å². The van der Waals surface area contributed by atoms with E-state index in [1.165, 1.54) is 11.1 Å². The highest BCUT2D eigenvalue weighted by atomic mass is 16.5. The number of anilines is 2. The van der Waals surface area contributed by atoms with E-state index in [0.717, 1.165) is 130 Å². The van der Waals surface area contributed by atoms with Gasteiger partial charge in [0.25, 0.3) is 23.6 Å². The fourth-order valence-corrected chi connectivity index (χ4v) is 15.7. The summed E-state index contributed by atoms with van der Waals surface area (Å²) < 4.78 is 36.1. The van der Waals surface area contributed by atoms with Gasteiger partial charge in [0.2, 0.25) is 0 Å². The number of methoxy groups -OCH3 is 2. The maximum Gasteiger partial charge on any atom is 0.260 e. The molecular formula is C96H102N10O10. The van der Waals surface area contributed by atoms with Crippen molar-refractivity contribution < 1.29 is 47.6 Å². The van der Waals surface area contributed by atoms with Crippen LogP contribution in [-0.2, 0) is 0 Å². The number of fused-ring (bicyclic) bond motifs is 8. The molecule has 0 aromatic heterocycles. The van der Waals surface area contributed by atoms with Crippen LogP contribution >= 0.6 is 0 Å². The number of rotatable bonds is 24. The van der Waals surface area contributed by atoms with Crippen LogP contribution in [0.5, 0.6) is 34.5 Å². The first kappa shape index (κ1) is 78.9. The molecule has 8 heterocycles. The van der Waals surface area contributed by atoms with E-state index >= 15 is 0 Å². The highest BCUT2D eigenvalue weighted by molar-refractivity contribution is 6.09. The molecule has 0 saturated carbocycles. The predicted molar refractivity (Wildman–Crippen MR) is 463 cm³/mol. The Hall–Kier alpha value is -12.3. The fourth-order valence-electron chi connectivity index (χ4n) is 15.7. The first-order valence-corrected chi connectivity index (χ1v) is 40.3. The average Bonchev–Trinajstić information content (AvgIpc) is 1.65. The molecule has 0 bridgehead atoms. The summed E-state index contributed by atoms with van der Waals surface area (Å²) in [5.41, 5.74) is 19.7. The lowest BCUT2D eigenvalue weighted by molar-refractivity contribution is 0.0809. The first-order chi connectivity index (χ1) is 55.9. The van der Waals surface area contributed by atoms with Gasteiger partial charge in [-0.25, -0.2) is 0 Å². The Labute approximate surface area is 680 Å². The van der Waals surface area contributed by atoms with E-state index in [0.29, 0.717) is 107 Å². The van der Waals surface area contributed by atoms with E-state index in [-0.39, 0.29) is 58.9 Å². The number of unbranched alkanes of at least 4 members (excludes halogenated alkanes) is 4. The summed E-state index contributed by atoms with van der Waals surface area (Å²) in [7, 11) is 3.17. The number of hydrogen-bond donors (Lipinski definition) is 2. The Bertz CT molecular complexity index is 5040. The van der Waals surface area contributed by atoms with E-state index in [9.17, 15) is 19.2 Å². The lowest BCUT2D eigenvalue weighted by Gasteiger charge is -2.22. The molecule has 0 aliphatic carbocycles. The van der Waals surface area contributed by atoms with Crippen molar-refractivity contribution in [3.05, 3.63) is 237 Å². The van der Waals surface area contributed by atoms with Crippen LogP contribution in [0.3, 0.4) is 0 Å². The minimum Gasteiger partial charge on any atom is -0.493 e. The normalized spacial score (nSPS) is 18.1. The fraction of sp³-hybridized carbons (Fsp3) is 0.333. The number of benzene rings is 8. The van der Waals surface area contributed by atoms with Gasteiger partial charge >= 0.3 is 0 Å². The molecule has 20 nitrogen and oxygen atoms in total. The molecule has 8 aliphatic heterocycles. The maximum atomic E-state index is 13.8. The number of ether oxygens (including phenoxy) is 6. The van der Waals surface area contributed by atoms with Crippen LogP contribution in [0.4, 0.5) is 34.1 Å². The van der Waals surface area contributed by atoms with Crippen LogP contribution in [0.1, 0.15) is 192 Å². The number of aryl methyl sites for hydroxylation is 4. The number of amides is 4. The monoisotopic (exact) mass is 1550 g/mol. The zero-order chi connectivity index (χ0) is 81.1. The minimum atomic E-state index is -0.169. The van der Waals surface area contributed by atoms with Gasteiger partial charge in [-0.1, -0.05) is 83.9 Å². The van der Waals surface area contributed by atoms with Crippen molar-refractivity contribution in [1.29, 1.82) is 0 Å². The van der Waals surface area contributed by atoms with Crippen molar-refractivity contribution in [1.82, 2.24) is 19.6 Å². The quantitative estimate of drug-likeness (QED) is 0.0541. The molecule has 596 valence electrons. The van der Waals surface area contributed by atoms with Gasteiger partial charge in [0.05, 0.1) is 110 Å². The van der Waals surface area contributed by atoms with E-state index in [1.807, 2.05) is 97.6 Å². The molecule has 8 aromatic rings. The number of hydrogen-bond acceptors (Lipinski definition) is 16. The lowest BCUT2D eigenvalue weighted by Crippen LogP contribution is -2.32. The molecule has 0 unspecified atom stereocenters. The number of nitrogens with zero attached hydrogens (tertiary/aromatic N) is 8. The third kappa shape index (κ3) is 17.6. The second kappa shape index (κ2) is 33.6. The van der Waals surface area contributed by atoms with Crippen molar-refractivity contribution in [3.8, 4) is 34.5 Å². The SMILES string of the molecule is COc1cc2c(cc1OCCCCCOc1cc3c(cc1C)C(=O)N1C=C(c4ccc(C)cc4)C[C@H]1C=N3)N=C[C@@H]1CC(c3ccc(NC(C)(C)C)cc3)=CN1C2=O.COc1cc2c(cc1OCCCCCOc1cc3c(cc1C)C(=O)N1C=C(c4ccc(C)cc4)C[C@H]1C=N3)N=C[C@@H]1CC(c3ccc(NC(C)(C)C)cc3)=CN1C2=O. The standard InChI is InChI=1S/2C48H51N5O5/c2*1-30-10-12-32(13-11-30)34-21-37-26-49-41-24-43(31(2)20-39(41)46(54)52(37)28-34)57-18-8-7-9-19-58-45-25-42-40(23-44(45)56-6)47(55)53-29-35(22-38(53)27-50-42)33-14-16-36(17-15-33)51-48(3,4)5/h2*10-17,20,23-29,37-38,51H,7-9,18-19,21-22H2,1-6H3/t2*37-,38-/m00/s1. The average molecular weight is 1560 g/mol. The number of nitrogens with one attached hydrogen (secondary N) is 2. The predicted octanol–water partition coefficient (Wildman–Crippen LogP) is 20.2. The van der Waals surface area contributed by atoms with Crippen molar-refractivity contribution in [2.45, 2.75) is 169 Å². The molecule has 0 spiro atoms. The minimum absolute atomic E-state index is 0.0260. The summed E-state index contributed by atoms with van der Waals surface area (Å²) >= 11 is 0. The highest BCUT2D eigenvalue weighted by Crippen LogP contribution is 2.45. The second-order valence-corrected chi connectivity index (χ2v) is 33.1. The summed E-state index contributed by atoms with van der Waals surface area (Å²) in [6.45, 7) is 22.9. The lowest BCUT2D eigenvalue weighted by atomic mass is 10.0. The topological polar surface area (TPSA) is 210 Å². The molecule has 4 amide bonds. The van der Waals surface area contributed by atoms with Crippen molar-refractivity contribution in [2.24, 2.45) is 20.0 Å². The third-order valence-electron chi connectivity index (χ3n) is 21.9. The zero-order valence-electron chi connectivity index (χ0n) is 68.3. The van der Waals surface area contributed by atoms with Crippen LogP contribution in [-0.4, -0.2) is 144 Å². The Morgan fingerprint density at radius 2 is 0.595 bits per heavy atom. The Morgan fingerprint density at radius 3 is 0.871 bits per heavy atom. The molecule has 4 atom stereocenters. The number of aliphatic imine (C=N–C) groups is 4. The Balaban J connectivity index is 0.000000182. The first-order valence-electron chi connectivity index (χ1n) is 40.3. The third-order valence-corrected chi connectivity index (χ3v) is 21.9. The highest BCUT2D eigenvalue weighted by Gasteiger charge is 2.38. The maximum absolute atomic E-state index is 13.8. The van der Waals surface area contributed by atoms with Crippen LogP contribution in [0, 0.1) is 27.7 Å². The van der Waals surface area contributed by atoms with E-state index in [1.54, 1.807) is 48.3 Å². The molecule has 0 radical (unpaired) electrons. The summed E-state index contributed by atoms with van der Waals surface area (Å²) in [5, 5.41) is 6.99. The number of carbonyl (C=O) groups excluding carboxylic acids is 4. The van der Waals surface area contributed by atoms with Gasteiger partial charge in [-0.3, -0.25) is 39.1 Å². The van der Waals surface area contributed by atoms with Gasteiger partial charge in [-0.15, -0.1) is 0 Å². The van der Waals surface area contributed by atoms with Crippen molar-refractivity contribution >= 4 is 105 Å². The Morgan fingerprint density at radius 1 is 0.336 bits per heavy atom. The van der Waals surface area contributed by atoms with Gasteiger partial charge in [0.1, 0.15) is 11.5 Å². The molecule has 116 heavy (non-hydrogen) atoms. The molecule has 20 heteroatoms. The van der Waals surface area contributed by atoms with Gasteiger partial charge in [-0.05, 0) is 212 Å².